The van der Waals surface area contributed by atoms with Gasteiger partial charge in [0.15, 0.2) is 11.6 Å². The van der Waals surface area contributed by atoms with Gasteiger partial charge in [-0.1, -0.05) is 84.9 Å². The molecule has 0 aliphatic rings. The number of nitrogens with two attached hydrogens (primary N) is 2. The molecule has 0 aliphatic heterocycles. The van der Waals surface area contributed by atoms with Crippen LogP contribution in [0.1, 0.15) is 11.1 Å². The second-order valence-electron chi connectivity index (χ2n) is 8.09. The fourth-order valence-corrected chi connectivity index (χ4v) is 3.84. The molecule has 1 heterocycles. The lowest BCUT2D eigenvalue weighted by atomic mass is 10.1. The predicted molar refractivity (Wildman–Crippen MR) is 141 cm³/mol. The van der Waals surface area contributed by atoms with Crippen LogP contribution < -0.4 is 16.4 Å². The molecule has 6 heteroatoms. The number of anilines is 3. The summed E-state index contributed by atoms with van der Waals surface area (Å²) in [5.74, 6) is 1.72. The van der Waals surface area contributed by atoms with Crippen molar-refractivity contribution in [1.29, 1.82) is 0 Å². The van der Waals surface area contributed by atoms with Crippen molar-refractivity contribution in [2.75, 3.05) is 4.90 Å². The third-order valence-corrected chi connectivity index (χ3v) is 5.75. The first kappa shape index (κ1) is 22.4. The third-order valence-electron chi connectivity index (χ3n) is 5.75. The Morgan fingerprint density at radius 1 is 0.486 bits per heavy atom. The summed E-state index contributed by atoms with van der Waals surface area (Å²) in [5, 5.41) is 0. The van der Waals surface area contributed by atoms with Crippen LogP contribution >= 0.6 is 0 Å². The third kappa shape index (κ3) is 4.94. The second-order valence-corrected chi connectivity index (χ2v) is 8.09. The molecule has 4 N–H and O–H groups in total. The number of para-hydroxylation sites is 2. The van der Waals surface area contributed by atoms with Crippen molar-refractivity contribution in [3.05, 3.63) is 120 Å². The molecule has 1 aromatic heterocycles. The Bertz CT molecular complexity index is 1280. The highest BCUT2D eigenvalue weighted by Gasteiger charge is 2.19. The first-order chi connectivity index (χ1) is 17.2. The van der Waals surface area contributed by atoms with Crippen molar-refractivity contribution in [2.45, 2.75) is 13.1 Å². The van der Waals surface area contributed by atoms with Crippen LogP contribution in [0.5, 0.6) is 0 Å². The fraction of sp³-hybridized carbons (Fsp3) is 0.0690. The van der Waals surface area contributed by atoms with E-state index >= 15 is 0 Å². The molecule has 172 valence electrons. The molecule has 0 fully saturated rings. The number of benzene rings is 4. The van der Waals surface area contributed by atoms with Gasteiger partial charge in [0.2, 0.25) is 5.95 Å². The van der Waals surface area contributed by atoms with E-state index in [1.54, 1.807) is 0 Å². The SMILES string of the molecule is NCc1ccc(-c2nc(-c3ccc(CN)cc3)nc(N(c3ccccc3)c3ccccc3)n2)cc1. The van der Waals surface area contributed by atoms with Gasteiger partial charge >= 0.3 is 0 Å². The summed E-state index contributed by atoms with van der Waals surface area (Å²) < 4.78 is 0. The van der Waals surface area contributed by atoms with E-state index in [0.717, 1.165) is 33.6 Å². The van der Waals surface area contributed by atoms with Crippen molar-refractivity contribution in [2.24, 2.45) is 11.5 Å². The molecule has 4 aromatic carbocycles. The molecule has 0 aliphatic carbocycles. The van der Waals surface area contributed by atoms with Gasteiger partial charge in [-0.25, -0.2) is 4.98 Å². The van der Waals surface area contributed by atoms with Gasteiger partial charge in [0.05, 0.1) is 0 Å². The molecular weight excluding hydrogens is 432 g/mol. The standard InChI is InChI=1S/C29H26N6/c30-19-21-11-15-23(16-12-21)27-32-28(24-17-13-22(20-31)14-18-24)34-29(33-27)35(25-7-3-1-4-8-25)26-9-5-2-6-10-26/h1-18H,19-20,30-31H2. The number of rotatable bonds is 7. The first-order valence-electron chi connectivity index (χ1n) is 11.5. The Labute approximate surface area is 204 Å². The highest BCUT2D eigenvalue weighted by Crippen LogP contribution is 2.34. The molecule has 5 rings (SSSR count). The minimum atomic E-state index is 0.483. The summed E-state index contributed by atoms with van der Waals surface area (Å²) in [7, 11) is 0. The first-order valence-corrected chi connectivity index (χ1v) is 11.5. The summed E-state index contributed by atoms with van der Waals surface area (Å²) in [6, 6.07) is 36.2. The predicted octanol–water partition coefficient (Wildman–Crippen LogP) is 5.59. The number of aromatic nitrogens is 3. The molecule has 35 heavy (non-hydrogen) atoms. The number of nitrogens with zero attached hydrogens (tertiary/aromatic N) is 4. The molecule has 0 bridgehead atoms. The summed E-state index contributed by atoms with van der Waals surface area (Å²) in [6.07, 6.45) is 0. The molecule has 6 nitrogen and oxygen atoms in total. The zero-order chi connectivity index (χ0) is 24.0. The van der Waals surface area contributed by atoms with Gasteiger partial charge in [-0.05, 0) is 35.4 Å². The minimum absolute atomic E-state index is 0.483. The van der Waals surface area contributed by atoms with E-state index in [-0.39, 0.29) is 0 Å². The number of hydrogen-bond acceptors (Lipinski definition) is 6. The molecular formula is C29H26N6. The van der Waals surface area contributed by atoms with E-state index < -0.39 is 0 Å². The maximum absolute atomic E-state index is 5.80. The van der Waals surface area contributed by atoms with Gasteiger partial charge in [0.25, 0.3) is 0 Å². The zero-order valence-corrected chi connectivity index (χ0v) is 19.3. The highest BCUT2D eigenvalue weighted by atomic mass is 15.3. The Kier molecular flexibility index (Phi) is 6.57. The Morgan fingerprint density at radius 3 is 1.26 bits per heavy atom. The maximum atomic E-state index is 5.80. The maximum Gasteiger partial charge on any atom is 0.238 e. The smallest absolute Gasteiger partial charge is 0.238 e. The van der Waals surface area contributed by atoms with Gasteiger partial charge < -0.3 is 11.5 Å². The van der Waals surface area contributed by atoms with Crippen LogP contribution in [0.25, 0.3) is 22.8 Å². The van der Waals surface area contributed by atoms with Gasteiger partial charge in [-0.2, -0.15) is 9.97 Å². The molecule has 0 spiro atoms. The Morgan fingerprint density at radius 2 is 0.886 bits per heavy atom. The Balaban J connectivity index is 1.71. The molecule has 0 amide bonds. The topological polar surface area (TPSA) is 93.9 Å². The number of hydrogen-bond donors (Lipinski definition) is 2. The van der Waals surface area contributed by atoms with Crippen LogP contribution in [0.4, 0.5) is 17.3 Å². The van der Waals surface area contributed by atoms with Crippen molar-refractivity contribution in [3.8, 4) is 22.8 Å². The van der Waals surface area contributed by atoms with Gasteiger partial charge in [-0.3, -0.25) is 4.90 Å². The molecule has 0 saturated carbocycles. The molecule has 0 radical (unpaired) electrons. The van der Waals surface area contributed by atoms with Gasteiger partial charge in [-0.15, -0.1) is 0 Å². The normalized spacial score (nSPS) is 10.8. The van der Waals surface area contributed by atoms with E-state index in [2.05, 4.69) is 0 Å². The van der Waals surface area contributed by atoms with Crippen LogP contribution in [0.15, 0.2) is 109 Å². The molecule has 0 unspecified atom stereocenters. The molecule has 5 aromatic rings. The van der Waals surface area contributed by atoms with Crippen molar-refractivity contribution in [1.82, 2.24) is 15.0 Å². The van der Waals surface area contributed by atoms with Crippen LogP contribution in [-0.2, 0) is 13.1 Å². The monoisotopic (exact) mass is 458 g/mol. The Hall–Kier alpha value is -4.39. The lowest BCUT2D eigenvalue weighted by Gasteiger charge is -2.23. The second kappa shape index (κ2) is 10.3. The van der Waals surface area contributed by atoms with Crippen molar-refractivity contribution < 1.29 is 0 Å². The van der Waals surface area contributed by atoms with Gasteiger partial charge in [0.1, 0.15) is 0 Å². The summed E-state index contributed by atoms with van der Waals surface area (Å²) in [5.41, 5.74) is 17.4. The van der Waals surface area contributed by atoms with E-state index in [0.29, 0.717) is 30.7 Å². The fourth-order valence-electron chi connectivity index (χ4n) is 3.84. The van der Waals surface area contributed by atoms with E-state index in [1.165, 1.54) is 0 Å². The average Bonchev–Trinajstić information content (AvgIpc) is 2.94. The summed E-state index contributed by atoms with van der Waals surface area (Å²) in [6.45, 7) is 0.967. The van der Waals surface area contributed by atoms with E-state index in [1.807, 2.05) is 114 Å². The van der Waals surface area contributed by atoms with E-state index in [9.17, 15) is 0 Å². The lowest BCUT2D eigenvalue weighted by Crippen LogP contribution is -2.15. The average molecular weight is 459 g/mol. The van der Waals surface area contributed by atoms with Crippen molar-refractivity contribution in [3.63, 3.8) is 0 Å². The zero-order valence-electron chi connectivity index (χ0n) is 19.3. The quantitative estimate of drug-likeness (QED) is 0.330. The van der Waals surface area contributed by atoms with Crippen LogP contribution in [0, 0.1) is 0 Å². The van der Waals surface area contributed by atoms with Crippen molar-refractivity contribution >= 4 is 17.3 Å². The van der Waals surface area contributed by atoms with Crippen LogP contribution in [-0.4, -0.2) is 15.0 Å². The van der Waals surface area contributed by atoms with Crippen LogP contribution in [0.3, 0.4) is 0 Å². The summed E-state index contributed by atoms with van der Waals surface area (Å²) in [4.78, 5) is 16.7. The minimum Gasteiger partial charge on any atom is -0.326 e. The summed E-state index contributed by atoms with van der Waals surface area (Å²) >= 11 is 0. The molecule has 0 atom stereocenters. The highest BCUT2D eigenvalue weighted by molar-refractivity contribution is 5.74. The van der Waals surface area contributed by atoms with E-state index in [4.69, 9.17) is 26.4 Å². The lowest BCUT2D eigenvalue weighted by molar-refractivity contribution is 1.02. The van der Waals surface area contributed by atoms with Crippen LogP contribution in [0.2, 0.25) is 0 Å². The molecule has 0 saturated heterocycles. The van der Waals surface area contributed by atoms with Gasteiger partial charge in [0, 0.05) is 35.6 Å². The largest absolute Gasteiger partial charge is 0.326 e.